The second kappa shape index (κ2) is 21.6. The smallest absolute Gasteiger partial charge is 0.330 e. The van der Waals surface area contributed by atoms with E-state index in [1.54, 1.807) is 21.2 Å². The van der Waals surface area contributed by atoms with Gasteiger partial charge in [0.15, 0.2) is 0 Å². The molecule has 0 aromatic carbocycles. The van der Waals surface area contributed by atoms with Crippen molar-refractivity contribution >= 4 is 17.8 Å². The van der Waals surface area contributed by atoms with Gasteiger partial charge in [-0.1, -0.05) is 33.1 Å². The Hall–Kier alpha value is -2.41. The van der Waals surface area contributed by atoms with Crippen LogP contribution >= 0.6 is 0 Å². The number of likely N-dealkylation sites (N-methyl/N-ethyl adjacent to an activating group) is 1. The Morgan fingerprint density at radius 1 is 0.880 bits per heavy atom. The molecular formula is C18H31NO6. The molecule has 0 unspecified atom stereocenters. The quantitative estimate of drug-likeness (QED) is 0.357. The van der Waals surface area contributed by atoms with Crippen LogP contribution in [0.2, 0.25) is 0 Å². The third kappa shape index (κ3) is 26.8. The fourth-order valence-electron chi connectivity index (χ4n) is 0.843. The van der Waals surface area contributed by atoms with Gasteiger partial charge in [-0.3, -0.25) is 4.79 Å². The van der Waals surface area contributed by atoms with Crippen LogP contribution in [-0.4, -0.2) is 63.8 Å². The second-order valence-corrected chi connectivity index (χ2v) is 4.53. The normalized spacial score (nSPS) is 8.32. The molecule has 1 amide bonds. The molecule has 0 radical (unpaired) electrons. The molecule has 0 bridgehead atoms. The van der Waals surface area contributed by atoms with Crippen LogP contribution in [0.1, 0.15) is 19.8 Å². The highest BCUT2D eigenvalue weighted by atomic mass is 16.6. The van der Waals surface area contributed by atoms with E-state index in [1.807, 2.05) is 6.92 Å². The summed E-state index contributed by atoms with van der Waals surface area (Å²) in [6.45, 7) is 13.1. The van der Waals surface area contributed by atoms with Crippen LogP contribution in [0.4, 0.5) is 0 Å². The van der Waals surface area contributed by atoms with E-state index in [-0.39, 0.29) is 11.9 Å². The van der Waals surface area contributed by atoms with Crippen molar-refractivity contribution in [3.63, 3.8) is 0 Å². The number of ether oxygens (including phenoxy) is 3. The summed E-state index contributed by atoms with van der Waals surface area (Å²) in [5.41, 5.74) is 0. The van der Waals surface area contributed by atoms with Crippen molar-refractivity contribution in [2.24, 2.45) is 0 Å². The van der Waals surface area contributed by atoms with Gasteiger partial charge in [0.25, 0.3) is 0 Å². The molecule has 0 fully saturated rings. The lowest BCUT2D eigenvalue weighted by atomic mass is 10.4. The number of amides is 1. The van der Waals surface area contributed by atoms with E-state index in [0.29, 0.717) is 19.8 Å². The lowest BCUT2D eigenvalue weighted by Gasteiger charge is -2.03. The molecule has 0 aromatic heterocycles. The Balaban J connectivity index is -0.000000293. The Labute approximate surface area is 150 Å². The lowest BCUT2D eigenvalue weighted by molar-refractivity contribution is -0.139. The maximum Gasteiger partial charge on any atom is 0.330 e. The Kier molecular flexibility index (Phi) is 23.7. The number of unbranched alkanes of at least 4 members (excludes halogenated alkanes) is 1. The van der Waals surface area contributed by atoms with Crippen LogP contribution < -0.4 is 0 Å². The number of hydrogen-bond acceptors (Lipinski definition) is 6. The first-order valence-corrected chi connectivity index (χ1v) is 7.71. The van der Waals surface area contributed by atoms with Gasteiger partial charge in [-0.15, -0.1) is 0 Å². The maximum absolute atomic E-state index is 10.3. The van der Waals surface area contributed by atoms with E-state index < -0.39 is 5.97 Å². The molecule has 0 aliphatic rings. The van der Waals surface area contributed by atoms with Crippen LogP contribution in [0.25, 0.3) is 0 Å². The molecule has 0 heterocycles. The first kappa shape index (κ1) is 27.4. The zero-order valence-corrected chi connectivity index (χ0v) is 15.8. The number of esters is 2. The molecule has 0 N–H and O–H groups in total. The van der Waals surface area contributed by atoms with Crippen molar-refractivity contribution < 1.29 is 28.6 Å². The SMILES string of the molecule is C=CC(=O)N(C)C.C=CC(=O)OCCCC.C=CC(=O)OCCOC. The number of methoxy groups -OCH3 is 1. The first-order chi connectivity index (χ1) is 11.8. The van der Waals surface area contributed by atoms with Gasteiger partial charge in [0.2, 0.25) is 5.91 Å². The molecule has 0 saturated carbocycles. The van der Waals surface area contributed by atoms with Crippen molar-refractivity contribution in [1.29, 1.82) is 0 Å². The van der Waals surface area contributed by atoms with Crippen molar-refractivity contribution in [2.75, 3.05) is 41.0 Å². The van der Waals surface area contributed by atoms with Crippen LogP contribution in [0, 0.1) is 0 Å². The largest absolute Gasteiger partial charge is 0.463 e. The molecule has 0 rings (SSSR count). The average Bonchev–Trinajstić information content (AvgIpc) is 2.62. The summed E-state index contributed by atoms with van der Waals surface area (Å²) in [5, 5.41) is 0. The monoisotopic (exact) mass is 357 g/mol. The molecule has 25 heavy (non-hydrogen) atoms. The minimum absolute atomic E-state index is 0.0556. The maximum atomic E-state index is 10.3. The topological polar surface area (TPSA) is 82.1 Å². The number of rotatable bonds is 9. The fraction of sp³-hybridized carbons (Fsp3) is 0.500. The van der Waals surface area contributed by atoms with Crippen molar-refractivity contribution in [1.82, 2.24) is 4.90 Å². The third-order valence-electron chi connectivity index (χ3n) is 2.22. The van der Waals surface area contributed by atoms with E-state index in [9.17, 15) is 14.4 Å². The minimum Gasteiger partial charge on any atom is -0.463 e. The lowest BCUT2D eigenvalue weighted by Crippen LogP contribution is -2.18. The summed E-state index contributed by atoms with van der Waals surface area (Å²) in [6.07, 6.45) is 5.55. The Bertz CT molecular complexity index is 378. The minimum atomic E-state index is -0.410. The van der Waals surface area contributed by atoms with Crippen LogP contribution in [0.3, 0.4) is 0 Å². The van der Waals surface area contributed by atoms with Gasteiger partial charge in [0.1, 0.15) is 6.61 Å². The third-order valence-corrected chi connectivity index (χ3v) is 2.22. The number of nitrogens with zero attached hydrogens (tertiary/aromatic N) is 1. The summed E-state index contributed by atoms with van der Waals surface area (Å²) in [6, 6.07) is 0. The molecule has 0 spiro atoms. The molecule has 0 aliphatic heterocycles. The van der Waals surface area contributed by atoms with E-state index in [1.165, 1.54) is 17.1 Å². The molecule has 0 aromatic rings. The van der Waals surface area contributed by atoms with Gasteiger partial charge in [-0.2, -0.15) is 0 Å². The molecule has 7 nitrogen and oxygen atoms in total. The number of carbonyl (C=O) groups excluding carboxylic acids is 3. The van der Waals surface area contributed by atoms with Gasteiger partial charge in [-0.25, -0.2) is 9.59 Å². The van der Waals surface area contributed by atoms with Gasteiger partial charge in [-0.05, 0) is 12.5 Å². The fourth-order valence-corrected chi connectivity index (χ4v) is 0.843. The summed E-state index contributed by atoms with van der Waals surface area (Å²) < 4.78 is 13.8. The molecule has 0 aliphatic carbocycles. The standard InChI is InChI=1S/C7H12O2.C6H10O3.C5H9NO/c1-3-5-6-9-7(8)4-2;1-3-6(7)9-5-4-8-2;1-4-5(7)6(2)3/h4H,2-3,5-6H2,1H3;3H,1,4-5H2,2H3;4H,1H2,2-3H3. The molecule has 0 atom stereocenters. The van der Waals surface area contributed by atoms with Crippen LogP contribution in [0.15, 0.2) is 38.0 Å². The van der Waals surface area contributed by atoms with Crippen molar-refractivity contribution in [3.05, 3.63) is 38.0 Å². The molecule has 0 saturated heterocycles. The Morgan fingerprint density at radius 3 is 1.64 bits per heavy atom. The van der Waals surface area contributed by atoms with Crippen LogP contribution in [0.5, 0.6) is 0 Å². The van der Waals surface area contributed by atoms with E-state index in [4.69, 9.17) is 0 Å². The molecule has 144 valence electrons. The average molecular weight is 357 g/mol. The van der Waals surface area contributed by atoms with Gasteiger partial charge in [0, 0.05) is 33.4 Å². The molecule has 7 heteroatoms. The second-order valence-electron chi connectivity index (χ2n) is 4.53. The van der Waals surface area contributed by atoms with Gasteiger partial charge < -0.3 is 19.1 Å². The predicted octanol–water partition coefficient (Wildman–Crippen LogP) is 2.14. The van der Waals surface area contributed by atoms with Gasteiger partial charge >= 0.3 is 11.9 Å². The van der Waals surface area contributed by atoms with Crippen molar-refractivity contribution in [2.45, 2.75) is 19.8 Å². The van der Waals surface area contributed by atoms with E-state index >= 15 is 0 Å². The number of hydrogen-bond donors (Lipinski definition) is 0. The summed E-state index contributed by atoms with van der Waals surface area (Å²) in [7, 11) is 4.91. The van der Waals surface area contributed by atoms with E-state index in [2.05, 4.69) is 33.9 Å². The predicted molar refractivity (Wildman–Crippen MR) is 98.0 cm³/mol. The zero-order valence-electron chi connectivity index (χ0n) is 15.8. The summed E-state index contributed by atoms with van der Waals surface area (Å²) in [5.74, 6) is -0.796. The summed E-state index contributed by atoms with van der Waals surface area (Å²) in [4.78, 5) is 32.4. The van der Waals surface area contributed by atoms with E-state index in [0.717, 1.165) is 18.9 Å². The Morgan fingerprint density at radius 2 is 1.36 bits per heavy atom. The summed E-state index contributed by atoms with van der Waals surface area (Å²) >= 11 is 0. The zero-order chi connectivity index (χ0) is 20.1. The number of carbonyl (C=O) groups is 3. The van der Waals surface area contributed by atoms with Crippen LogP contribution in [-0.2, 0) is 28.6 Å². The highest BCUT2D eigenvalue weighted by Crippen LogP contribution is 1.88. The molecular weight excluding hydrogens is 326 g/mol. The highest BCUT2D eigenvalue weighted by molar-refractivity contribution is 5.86. The first-order valence-electron chi connectivity index (χ1n) is 7.71. The van der Waals surface area contributed by atoms with Gasteiger partial charge in [0.05, 0.1) is 13.2 Å². The van der Waals surface area contributed by atoms with Crippen molar-refractivity contribution in [3.8, 4) is 0 Å². The highest BCUT2D eigenvalue weighted by Gasteiger charge is 1.92.